The van der Waals surface area contributed by atoms with Gasteiger partial charge in [-0.15, -0.1) is 11.8 Å². The van der Waals surface area contributed by atoms with E-state index in [-0.39, 0.29) is 11.4 Å². The van der Waals surface area contributed by atoms with Crippen LogP contribution in [0.4, 0.5) is 4.39 Å². The Morgan fingerprint density at radius 1 is 1.47 bits per heavy atom. The second-order valence-corrected chi connectivity index (χ2v) is 5.75. The molecule has 0 saturated heterocycles. The summed E-state index contributed by atoms with van der Waals surface area (Å²) >= 11 is 1.74. The number of thioether (sulfide) groups is 1. The Morgan fingerprint density at radius 2 is 2.18 bits per heavy atom. The number of hydrogen-bond acceptors (Lipinski definition) is 3. The van der Waals surface area contributed by atoms with E-state index in [4.69, 9.17) is 5.26 Å². The van der Waals surface area contributed by atoms with Gasteiger partial charge in [-0.25, -0.2) is 4.39 Å². The lowest BCUT2D eigenvalue weighted by Crippen LogP contribution is -2.38. The topological polar surface area (TPSA) is 35.8 Å². The molecule has 1 aromatic rings. The van der Waals surface area contributed by atoms with Crippen LogP contribution in [0.5, 0.6) is 0 Å². The van der Waals surface area contributed by atoms with Gasteiger partial charge >= 0.3 is 0 Å². The van der Waals surface area contributed by atoms with E-state index in [9.17, 15) is 4.39 Å². The third-order valence-electron chi connectivity index (χ3n) is 3.28. The Balaban J connectivity index is 1.98. The Labute approximate surface area is 105 Å². The quantitative estimate of drug-likeness (QED) is 0.896. The molecule has 0 spiro atoms. The predicted octanol–water partition coefficient (Wildman–Crippen LogP) is 2.95. The first-order chi connectivity index (χ1) is 8.17. The van der Waals surface area contributed by atoms with Gasteiger partial charge in [-0.05, 0) is 50.6 Å². The summed E-state index contributed by atoms with van der Waals surface area (Å²) < 4.78 is 12.8. The minimum atomic E-state index is -0.363. The van der Waals surface area contributed by atoms with E-state index in [1.165, 1.54) is 12.1 Å². The lowest BCUT2D eigenvalue weighted by molar-refractivity contribution is 0.464. The average molecular weight is 250 g/mol. The molecule has 1 aliphatic carbocycles. The van der Waals surface area contributed by atoms with Crippen molar-refractivity contribution in [1.82, 2.24) is 5.32 Å². The Bertz CT molecular complexity index is 426. The molecule has 1 aliphatic rings. The molecule has 0 heterocycles. The molecule has 0 bridgehead atoms. The molecular weight excluding hydrogens is 235 g/mol. The second-order valence-electron chi connectivity index (χ2n) is 4.38. The lowest BCUT2D eigenvalue weighted by atomic mass is 10.0. The Kier molecular flexibility index (Phi) is 3.70. The summed E-state index contributed by atoms with van der Waals surface area (Å²) in [5, 5.41) is 12.7. The highest BCUT2D eigenvalue weighted by Gasteiger charge is 2.38. The van der Waals surface area contributed by atoms with E-state index >= 15 is 0 Å². The summed E-state index contributed by atoms with van der Waals surface area (Å²) in [5.41, 5.74) is -0.363. The second kappa shape index (κ2) is 5.07. The number of halogens is 1. The summed E-state index contributed by atoms with van der Waals surface area (Å²) in [5.74, 6) is -0.206. The van der Waals surface area contributed by atoms with E-state index in [1.807, 2.05) is 7.05 Å². The minimum Gasteiger partial charge on any atom is -0.302 e. The molecule has 2 atom stereocenters. The first-order valence-corrected chi connectivity index (χ1v) is 6.58. The molecule has 0 aliphatic heterocycles. The predicted molar refractivity (Wildman–Crippen MR) is 67.3 cm³/mol. The lowest BCUT2D eigenvalue weighted by Gasteiger charge is -2.19. The molecule has 1 saturated carbocycles. The highest BCUT2D eigenvalue weighted by molar-refractivity contribution is 8.00. The Morgan fingerprint density at radius 3 is 2.71 bits per heavy atom. The van der Waals surface area contributed by atoms with Crippen molar-refractivity contribution in [3.63, 3.8) is 0 Å². The van der Waals surface area contributed by atoms with Crippen molar-refractivity contribution >= 4 is 11.8 Å². The number of hydrogen-bond donors (Lipinski definition) is 1. The zero-order valence-corrected chi connectivity index (χ0v) is 10.6. The van der Waals surface area contributed by atoms with E-state index in [0.717, 1.165) is 24.2 Å². The maximum Gasteiger partial charge on any atom is 0.123 e. The molecule has 2 rings (SSSR count). The largest absolute Gasteiger partial charge is 0.302 e. The molecule has 2 nitrogen and oxygen atoms in total. The fourth-order valence-electron chi connectivity index (χ4n) is 2.19. The number of nitriles is 1. The van der Waals surface area contributed by atoms with Crippen LogP contribution in [0.2, 0.25) is 0 Å². The van der Waals surface area contributed by atoms with Gasteiger partial charge in [0, 0.05) is 10.1 Å². The van der Waals surface area contributed by atoms with Gasteiger partial charge in [-0.3, -0.25) is 0 Å². The third kappa shape index (κ3) is 2.80. The van der Waals surface area contributed by atoms with Crippen molar-refractivity contribution in [1.29, 1.82) is 5.26 Å². The van der Waals surface area contributed by atoms with Crippen LogP contribution in [-0.4, -0.2) is 17.8 Å². The zero-order chi connectivity index (χ0) is 12.3. The van der Waals surface area contributed by atoms with Crippen LogP contribution < -0.4 is 5.32 Å². The van der Waals surface area contributed by atoms with Crippen molar-refractivity contribution in [2.24, 2.45) is 0 Å². The average Bonchev–Trinajstić information content (AvgIpc) is 2.76. The van der Waals surface area contributed by atoms with E-state index in [2.05, 4.69) is 11.4 Å². The van der Waals surface area contributed by atoms with Crippen LogP contribution in [0, 0.1) is 17.1 Å². The van der Waals surface area contributed by atoms with Crippen LogP contribution in [-0.2, 0) is 0 Å². The van der Waals surface area contributed by atoms with Gasteiger partial charge in [0.05, 0.1) is 6.07 Å². The molecule has 4 heteroatoms. The van der Waals surface area contributed by atoms with Crippen molar-refractivity contribution in [3.05, 3.63) is 30.1 Å². The fraction of sp³-hybridized carbons (Fsp3) is 0.462. The molecule has 0 radical (unpaired) electrons. The normalized spacial score (nSPS) is 27.9. The molecular formula is C13H15FN2S. The van der Waals surface area contributed by atoms with Crippen molar-refractivity contribution in [3.8, 4) is 6.07 Å². The Hall–Kier alpha value is -1.05. The maximum absolute atomic E-state index is 12.8. The highest BCUT2D eigenvalue weighted by atomic mass is 32.2. The summed E-state index contributed by atoms with van der Waals surface area (Å²) in [4.78, 5) is 1.07. The van der Waals surface area contributed by atoms with E-state index in [1.54, 1.807) is 23.9 Å². The number of benzene rings is 1. The minimum absolute atomic E-state index is 0.206. The van der Waals surface area contributed by atoms with Crippen LogP contribution in [0.3, 0.4) is 0 Å². The number of nitrogens with zero attached hydrogens (tertiary/aromatic N) is 1. The molecule has 1 N–H and O–H groups in total. The number of rotatable bonds is 3. The van der Waals surface area contributed by atoms with Gasteiger partial charge in [0.2, 0.25) is 0 Å². The van der Waals surface area contributed by atoms with Crippen LogP contribution >= 0.6 is 11.8 Å². The molecule has 0 aromatic heterocycles. The molecule has 0 amide bonds. The summed E-state index contributed by atoms with van der Waals surface area (Å²) in [6, 6.07) is 8.92. The smallest absolute Gasteiger partial charge is 0.123 e. The van der Waals surface area contributed by atoms with Crippen LogP contribution in [0.25, 0.3) is 0 Å². The van der Waals surface area contributed by atoms with Gasteiger partial charge in [0.15, 0.2) is 0 Å². The molecule has 2 unspecified atom stereocenters. The highest BCUT2D eigenvalue weighted by Crippen LogP contribution is 2.39. The van der Waals surface area contributed by atoms with Gasteiger partial charge in [-0.2, -0.15) is 5.26 Å². The molecule has 1 fully saturated rings. The van der Waals surface area contributed by atoms with Gasteiger partial charge in [0.1, 0.15) is 11.4 Å². The van der Waals surface area contributed by atoms with Crippen molar-refractivity contribution in [2.45, 2.75) is 34.9 Å². The first kappa shape index (κ1) is 12.4. The standard InChI is InChI=1S/C13H15FN2S/c1-16-13(9-15)7-6-12(8-13)17-11-4-2-10(14)3-5-11/h2-5,12,16H,6-8H2,1H3. The van der Waals surface area contributed by atoms with Crippen LogP contribution in [0.1, 0.15) is 19.3 Å². The maximum atomic E-state index is 12.8. The zero-order valence-electron chi connectivity index (χ0n) is 9.74. The number of nitrogens with one attached hydrogen (secondary N) is 1. The summed E-state index contributed by atoms with van der Waals surface area (Å²) in [6.45, 7) is 0. The van der Waals surface area contributed by atoms with Crippen LogP contribution in [0.15, 0.2) is 29.2 Å². The SMILES string of the molecule is CNC1(C#N)CCC(Sc2ccc(F)cc2)C1. The monoisotopic (exact) mass is 250 g/mol. The van der Waals surface area contributed by atoms with E-state index < -0.39 is 0 Å². The molecule has 17 heavy (non-hydrogen) atoms. The first-order valence-electron chi connectivity index (χ1n) is 5.70. The fourth-order valence-corrected chi connectivity index (χ4v) is 3.47. The van der Waals surface area contributed by atoms with Crippen molar-refractivity contribution in [2.75, 3.05) is 7.05 Å². The van der Waals surface area contributed by atoms with Gasteiger partial charge in [0.25, 0.3) is 0 Å². The van der Waals surface area contributed by atoms with E-state index in [0.29, 0.717) is 5.25 Å². The van der Waals surface area contributed by atoms with Gasteiger partial charge < -0.3 is 5.32 Å². The molecule has 1 aromatic carbocycles. The van der Waals surface area contributed by atoms with Crippen molar-refractivity contribution < 1.29 is 4.39 Å². The van der Waals surface area contributed by atoms with Gasteiger partial charge in [-0.1, -0.05) is 0 Å². The third-order valence-corrected chi connectivity index (χ3v) is 4.56. The molecule has 90 valence electrons. The summed E-state index contributed by atoms with van der Waals surface area (Å²) in [6.07, 6.45) is 2.76. The summed E-state index contributed by atoms with van der Waals surface area (Å²) in [7, 11) is 1.84.